The molecule has 2 heteroatoms. The van der Waals surface area contributed by atoms with Gasteiger partial charge in [0.05, 0.1) is 24.3 Å². The Kier molecular flexibility index (Phi) is 33.2. The first kappa shape index (κ1) is 64.9. The van der Waals surface area contributed by atoms with Crippen LogP contribution in [0.2, 0.25) is 0 Å². The molecular weight excluding hydrogens is 981 g/mol. The quantitative estimate of drug-likeness (QED) is 0.0398. The summed E-state index contributed by atoms with van der Waals surface area (Å²) in [6, 6.07) is 44.5. The van der Waals surface area contributed by atoms with Gasteiger partial charge in [-0.3, -0.25) is 0 Å². The van der Waals surface area contributed by atoms with Gasteiger partial charge in [0.2, 0.25) is 0 Å². The molecule has 0 aromatic heterocycles. The second-order valence-corrected chi connectivity index (χ2v) is 20.0. The molecule has 0 amide bonds. The zero-order valence-electron chi connectivity index (χ0n) is 49.3. The van der Waals surface area contributed by atoms with Crippen LogP contribution in [0.3, 0.4) is 0 Å². The fraction of sp³-hybridized carbons (Fsp3) is 0.342. The second kappa shape index (κ2) is 41.4. The lowest BCUT2D eigenvalue weighted by Gasteiger charge is -2.09. The highest BCUT2D eigenvalue weighted by molar-refractivity contribution is 5.66. The van der Waals surface area contributed by atoms with E-state index in [1.807, 2.05) is 91.9 Å². The number of hydrogen-bond donors (Lipinski definition) is 0. The van der Waals surface area contributed by atoms with Gasteiger partial charge in [-0.25, -0.2) is 0 Å². The number of ether oxygens (including phenoxy) is 2. The van der Waals surface area contributed by atoms with E-state index in [-0.39, 0.29) is 0 Å². The number of hydrogen-bond acceptors (Lipinski definition) is 2. The summed E-state index contributed by atoms with van der Waals surface area (Å²) in [6.07, 6.45) is 42.5. The predicted molar refractivity (Wildman–Crippen MR) is 346 cm³/mol. The summed E-state index contributed by atoms with van der Waals surface area (Å²) in [4.78, 5) is 0. The van der Waals surface area contributed by atoms with Crippen LogP contribution in [0, 0.1) is 103 Å². The fourth-order valence-corrected chi connectivity index (χ4v) is 8.74. The summed E-state index contributed by atoms with van der Waals surface area (Å²) in [6.45, 7) is 11.7. The SMILES string of the molecule is C#Cc1ccc(-c2ccc(C#CC)cc2)cc1.C#Cc1ccc(OCCCCCCCCCCCC)c(C#C)c1.CC#CC#Cc1cc(C#CC#Cc2ccc(-c3ccc(C)cc3)cc2)ccc1OCCCCCCCCCCCC. The molecule has 0 aliphatic rings. The molecule has 0 atom stereocenters. The maximum absolute atomic E-state index is 6.10. The number of terminal acetylenes is 3. The summed E-state index contributed by atoms with van der Waals surface area (Å²) >= 11 is 0. The summed E-state index contributed by atoms with van der Waals surface area (Å²) in [7, 11) is 0. The largest absolute Gasteiger partial charge is 0.492 e. The first-order valence-corrected chi connectivity index (χ1v) is 29.5. The van der Waals surface area contributed by atoms with Gasteiger partial charge in [0.15, 0.2) is 0 Å². The topological polar surface area (TPSA) is 18.5 Å². The van der Waals surface area contributed by atoms with Crippen LogP contribution in [0.25, 0.3) is 22.3 Å². The Morgan fingerprint density at radius 3 is 1.11 bits per heavy atom. The molecule has 0 aliphatic heterocycles. The average molecular weight is 1070 g/mol. The lowest BCUT2D eigenvalue weighted by Crippen LogP contribution is -1.99. The molecule has 6 aromatic rings. The van der Waals surface area contributed by atoms with Crippen molar-refractivity contribution >= 4 is 0 Å². The average Bonchev–Trinajstić information content (AvgIpc) is 3.51. The highest BCUT2D eigenvalue weighted by atomic mass is 16.5. The lowest BCUT2D eigenvalue weighted by atomic mass is 10.0. The van der Waals surface area contributed by atoms with E-state index < -0.39 is 0 Å². The highest BCUT2D eigenvalue weighted by Crippen LogP contribution is 2.24. The van der Waals surface area contributed by atoms with Crippen LogP contribution in [0.4, 0.5) is 0 Å². The Labute approximate surface area is 491 Å². The number of benzene rings is 6. The molecule has 0 spiro atoms. The summed E-state index contributed by atoms with van der Waals surface area (Å²) < 4.78 is 11.9. The van der Waals surface area contributed by atoms with E-state index in [0.29, 0.717) is 6.61 Å². The molecule has 412 valence electrons. The third-order valence-corrected chi connectivity index (χ3v) is 13.5. The van der Waals surface area contributed by atoms with Crippen LogP contribution in [-0.4, -0.2) is 13.2 Å². The van der Waals surface area contributed by atoms with Crippen LogP contribution in [0.15, 0.2) is 133 Å². The van der Waals surface area contributed by atoms with Crippen molar-refractivity contribution in [1.29, 1.82) is 0 Å². The molecule has 0 radical (unpaired) electrons. The zero-order chi connectivity index (χ0) is 57.8. The van der Waals surface area contributed by atoms with Gasteiger partial charge in [0.25, 0.3) is 0 Å². The van der Waals surface area contributed by atoms with Crippen molar-refractivity contribution in [3.8, 4) is 130 Å². The zero-order valence-corrected chi connectivity index (χ0v) is 49.3. The van der Waals surface area contributed by atoms with E-state index in [1.165, 1.54) is 143 Å². The molecule has 81 heavy (non-hydrogen) atoms. The van der Waals surface area contributed by atoms with Gasteiger partial charge in [0, 0.05) is 27.8 Å². The van der Waals surface area contributed by atoms with Gasteiger partial charge in [-0.2, -0.15) is 0 Å². The van der Waals surface area contributed by atoms with E-state index in [2.05, 4.69) is 146 Å². The lowest BCUT2D eigenvalue weighted by molar-refractivity contribution is 0.303. The van der Waals surface area contributed by atoms with Gasteiger partial charge >= 0.3 is 0 Å². The molecule has 0 N–H and O–H groups in total. The Balaban J connectivity index is 0.000000294. The Bertz CT molecular complexity index is 3230. The minimum Gasteiger partial charge on any atom is -0.492 e. The Hall–Kier alpha value is -8.60. The molecule has 0 saturated carbocycles. The smallest absolute Gasteiger partial charge is 0.135 e. The highest BCUT2D eigenvalue weighted by Gasteiger charge is 2.05. The van der Waals surface area contributed by atoms with E-state index in [0.717, 1.165) is 69.9 Å². The van der Waals surface area contributed by atoms with Crippen molar-refractivity contribution in [3.63, 3.8) is 0 Å². The molecule has 0 unspecified atom stereocenters. The third kappa shape index (κ3) is 27.2. The fourth-order valence-electron chi connectivity index (χ4n) is 8.74. The van der Waals surface area contributed by atoms with Gasteiger partial charge in [-0.1, -0.05) is 237 Å². The molecule has 2 nitrogen and oxygen atoms in total. The molecule has 0 aliphatic carbocycles. The maximum Gasteiger partial charge on any atom is 0.135 e. The van der Waals surface area contributed by atoms with E-state index >= 15 is 0 Å². The molecule has 0 bridgehead atoms. The minimum atomic E-state index is 0.698. The van der Waals surface area contributed by atoms with Crippen LogP contribution in [0.1, 0.15) is 201 Å². The van der Waals surface area contributed by atoms with Crippen molar-refractivity contribution in [2.75, 3.05) is 13.2 Å². The Morgan fingerprint density at radius 1 is 0.321 bits per heavy atom. The molecule has 0 fully saturated rings. The van der Waals surface area contributed by atoms with Gasteiger partial charge in [-0.15, -0.1) is 25.2 Å². The Morgan fingerprint density at radius 2 is 0.679 bits per heavy atom. The van der Waals surface area contributed by atoms with Gasteiger partial charge in [-0.05, 0) is 158 Å². The van der Waals surface area contributed by atoms with Gasteiger partial charge < -0.3 is 9.47 Å². The summed E-state index contributed by atoms with van der Waals surface area (Å²) in [5, 5.41) is 0. The maximum atomic E-state index is 6.10. The van der Waals surface area contributed by atoms with E-state index in [9.17, 15) is 0 Å². The van der Waals surface area contributed by atoms with E-state index in [4.69, 9.17) is 28.7 Å². The molecular formula is C79H84O2. The minimum absolute atomic E-state index is 0.698. The van der Waals surface area contributed by atoms with Crippen LogP contribution in [0.5, 0.6) is 11.5 Å². The van der Waals surface area contributed by atoms with Crippen LogP contribution in [-0.2, 0) is 0 Å². The molecule has 6 rings (SSSR count). The predicted octanol–water partition coefficient (Wildman–Crippen LogP) is 19.4. The van der Waals surface area contributed by atoms with Crippen LogP contribution >= 0.6 is 0 Å². The summed E-state index contributed by atoms with van der Waals surface area (Å²) in [5.41, 5.74) is 12.1. The van der Waals surface area contributed by atoms with Crippen molar-refractivity contribution in [2.24, 2.45) is 0 Å². The van der Waals surface area contributed by atoms with Crippen LogP contribution < -0.4 is 9.47 Å². The van der Waals surface area contributed by atoms with Crippen molar-refractivity contribution in [3.05, 3.63) is 178 Å². The van der Waals surface area contributed by atoms with Crippen molar-refractivity contribution < 1.29 is 9.47 Å². The third-order valence-electron chi connectivity index (χ3n) is 13.5. The van der Waals surface area contributed by atoms with Gasteiger partial charge in [0.1, 0.15) is 11.5 Å². The molecule has 6 aromatic carbocycles. The van der Waals surface area contributed by atoms with E-state index in [1.54, 1.807) is 6.92 Å². The second-order valence-electron chi connectivity index (χ2n) is 20.0. The number of rotatable bonds is 26. The monoisotopic (exact) mass is 1060 g/mol. The van der Waals surface area contributed by atoms with Crippen molar-refractivity contribution in [1.82, 2.24) is 0 Å². The van der Waals surface area contributed by atoms with Crippen molar-refractivity contribution in [2.45, 2.75) is 163 Å². The molecule has 0 heterocycles. The standard InChI is InChI=1S/C40H42O.C22H30O.C17H12/c1-4-6-8-9-10-11-12-13-14-18-32-41-40-31-26-36(33-39(40)21-15-7-5-2)20-17-16-19-35-24-29-38(30-25-35)37-27-22-34(3)23-28-37;1-4-7-8-9-10-11-12-13-14-15-18-23-22-17-16-20(5-2)19-21(22)6-3;1-3-5-15-8-12-17(13-9-15)16-10-6-14(4-2)7-11-16/h22-31,33H,4,6,8-14,18,32H2,1-3H3;2-3,16-17,19H,4,7-15,18H2,1H3;2,6-13H,1H3. The normalized spacial score (nSPS) is 9.60. The molecule has 0 saturated heterocycles. The first-order chi connectivity index (χ1) is 39.8. The number of unbranched alkanes of at least 4 members (excludes halogenated alkanes) is 18. The first-order valence-electron chi connectivity index (χ1n) is 29.5. The number of aryl methyl sites for hydroxylation is 1. The summed E-state index contributed by atoms with van der Waals surface area (Å²) in [5.74, 6) is 39.2.